The molecule has 0 aromatic heterocycles. The Kier molecular flexibility index (Phi) is 7.75. The number of nitrogens with one attached hydrogen (secondary N) is 2. The first-order valence-corrected chi connectivity index (χ1v) is 9.74. The number of nitrogens with zero attached hydrogens (tertiary/aromatic N) is 2. The molecule has 0 aliphatic heterocycles. The Balaban J connectivity index is 2.12. The summed E-state index contributed by atoms with van der Waals surface area (Å²) in [6, 6.07) is 5.93. The molecule has 1 aromatic rings. The highest BCUT2D eigenvalue weighted by Crippen LogP contribution is 2.38. The Morgan fingerprint density at radius 3 is 2.45 bits per heavy atom. The van der Waals surface area contributed by atoms with Crippen LogP contribution in [-0.4, -0.2) is 50.3 Å². The van der Waals surface area contributed by atoms with E-state index in [1.807, 2.05) is 6.92 Å². The summed E-state index contributed by atoms with van der Waals surface area (Å²) in [5, 5.41) is 6.29. The lowest BCUT2D eigenvalue weighted by atomic mass is 9.84. The standard InChI is InChI=1S/C20H29F3N4O2/c1-4-24-18(26-14-19(11-7-8-12-19)17(28)27(2)3)25-13-15-9-5-6-10-16(15)29-20(21,22)23/h5-6,9-10H,4,7-8,11-14H2,1-3H3,(H2,24,25,26). The number of carbonyl (C=O) groups is 1. The van der Waals surface area contributed by atoms with Crippen LogP contribution in [0.4, 0.5) is 13.2 Å². The number of benzene rings is 1. The zero-order valence-corrected chi connectivity index (χ0v) is 17.1. The summed E-state index contributed by atoms with van der Waals surface area (Å²) >= 11 is 0. The van der Waals surface area contributed by atoms with Gasteiger partial charge >= 0.3 is 6.36 Å². The van der Waals surface area contributed by atoms with E-state index in [1.165, 1.54) is 12.1 Å². The van der Waals surface area contributed by atoms with E-state index in [0.717, 1.165) is 25.7 Å². The quantitative estimate of drug-likeness (QED) is 0.531. The summed E-state index contributed by atoms with van der Waals surface area (Å²) in [4.78, 5) is 18.7. The first-order valence-electron chi connectivity index (χ1n) is 9.74. The molecule has 1 fully saturated rings. The van der Waals surface area contributed by atoms with Crippen molar-refractivity contribution in [1.29, 1.82) is 0 Å². The van der Waals surface area contributed by atoms with Gasteiger partial charge in [0, 0.05) is 32.7 Å². The largest absolute Gasteiger partial charge is 0.573 e. The van der Waals surface area contributed by atoms with Crippen molar-refractivity contribution >= 4 is 11.9 Å². The summed E-state index contributed by atoms with van der Waals surface area (Å²) in [5.41, 5.74) is -0.154. The molecule has 162 valence electrons. The summed E-state index contributed by atoms with van der Waals surface area (Å²) in [6.45, 7) is 2.92. The van der Waals surface area contributed by atoms with Gasteiger partial charge in [0.25, 0.3) is 0 Å². The van der Waals surface area contributed by atoms with Crippen LogP contribution in [0, 0.1) is 5.41 Å². The van der Waals surface area contributed by atoms with Gasteiger partial charge in [0.2, 0.25) is 5.91 Å². The van der Waals surface area contributed by atoms with Crippen LogP contribution in [0.5, 0.6) is 5.75 Å². The Morgan fingerprint density at radius 1 is 1.21 bits per heavy atom. The molecule has 2 rings (SSSR count). The zero-order chi connectivity index (χ0) is 21.5. The third kappa shape index (κ3) is 6.54. The van der Waals surface area contributed by atoms with E-state index >= 15 is 0 Å². The minimum absolute atomic E-state index is 0.0101. The van der Waals surface area contributed by atoms with Crippen LogP contribution < -0.4 is 15.4 Å². The van der Waals surface area contributed by atoms with Crippen LogP contribution in [0.3, 0.4) is 0 Å². The predicted molar refractivity (Wildman–Crippen MR) is 106 cm³/mol. The summed E-state index contributed by atoms with van der Waals surface area (Å²) in [6.07, 6.45) is -1.16. The highest BCUT2D eigenvalue weighted by molar-refractivity contribution is 5.85. The fourth-order valence-corrected chi connectivity index (χ4v) is 3.61. The van der Waals surface area contributed by atoms with Crippen LogP contribution in [0.15, 0.2) is 29.3 Å². The molecular weight excluding hydrogens is 385 g/mol. The predicted octanol–water partition coefficient (Wildman–Crippen LogP) is 3.29. The molecule has 9 heteroatoms. The normalized spacial score (nSPS) is 16.4. The van der Waals surface area contributed by atoms with Gasteiger partial charge in [-0.25, -0.2) is 4.99 Å². The highest BCUT2D eigenvalue weighted by atomic mass is 19.4. The number of amides is 1. The molecule has 0 saturated heterocycles. The first-order chi connectivity index (χ1) is 13.7. The monoisotopic (exact) mass is 414 g/mol. The fraction of sp³-hybridized carbons (Fsp3) is 0.600. The SMILES string of the molecule is CCNC(=NCc1ccccc1OC(F)(F)F)NCC1(C(=O)N(C)C)CCCC1. The number of carbonyl (C=O) groups excluding carboxylic acids is 1. The average Bonchev–Trinajstić information content (AvgIpc) is 3.13. The Labute approximate surface area is 169 Å². The van der Waals surface area contributed by atoms with Gasteiger partial charge < -0.3 is 20.3 Å². The Morgan fingerprint density at radius 2 is 1.86 bits per heavy atom. The van der Waals surface area contributed by atoms with Crippen molar-refractivity contribution < 1.29 is 22.7 Å². The van der Waals surface area contributed by atoms with E-state index < -0.39 is 11.8 Å². The van der Waals surface area contributed by atoms with Crippen molar-refractivity contribution in [3.63, 3.8) is 0 Å². The van der Waals surface area contributed by atoms with Gasteiger partial charge in [0.15, 0.2) is 5.96 Å². The number of hydrogen-bond acceptors (Lipinski definition) is 3. The van der Waals surface area contributed by atoms with Crippen molar-refractivity contribution in [1.82, 2.24) is 15.5 Å². The summed E-state index contributed by atoms with van der Waals surface area (Å²) in [5.74, 6) is 0.268. The van der Waals surface area contributed by atoms with Crippen molar-refractivity contribution in [3.8, 4) is 5.75 Å². The maximum atomic E-state index is 12.7. The number of halogens is 3. The number of alkyl halides is 3. The molecular formula is C20H29F3N4O2. The van der Waals surface area contributed by atoms with Gasteiger partial charge in [-0.05, 0) is 25.8 Å². The van der Waals surface area contributed by atoms with E-state index in [0.29, 0.717) is 24.6 Å². The lowest BCUT2D eigenvalue weighted by Crippen LogP contribution is -2.49. The molecule has 2 N–H and O–H groups in total. The molecule has 1 aliphatic carbocycles. The van der Waals surface area contributed by atoms with Crippen LogP contribution >= 0.6 is 0 Å². The molecule has 0 spiro atoms. The molecule has 6 nitrogen and oxygen atoms in total. The smallest absolute Gasteiger partial charge is 0.405 e. The minimum atomic E-state index is -4.76. The third-order valence-corrected chi connectivity index (χ3v) is 4.96. The molecule has 0 heterocycles. The van der Waals surface area contributed by atoms with Gasteiger partial charge in [-0.2, -0.15) is 0 Å². The fourth-order valence-electron chi connectivity index (χ4n) is 3.61. The third-order valence-electron chi connectivity index (χ3n) is 4.96. The van der Waals surface area contributed by atoms with Crippen molar-refractivity contribution in [2.45, 2.75) is 45.5 Å². The molecule has 29 heavy (non-hydrogen) atoms. The Bertz CT molecular complexity index is 714. The molecule has 1 amide bonds. The lowest BCUT2D eigenvalue weighted by Gasteiger charge is -2.31. The minimum Gasteiger partial charge on any atom is -0.405 e. The second-order valence-corrected chi connectivity index (χ2v) is 7.39. The molecule has 1 aromatic carbocycles. The lowest BCUT2D eigenvalue weighted by molar-refractivity contribution is -0.274. The van der Waals surface area contributed by atoms with Crippen LogP contribution in [0.1, 0.15) is 38.2 Å². The molecule has 0 radical (unpaired) electrons. The highest BCUT2D eigenvalue weighted by Gasteiger charge is 2.42. The number of rotatable bonds is 7. The van der Waals surface area contributed by atoms with Gasteiger partial charge in [-0.3, -0.25) is 4.79 Å². The average molecular weight is 414 g/mol. The topological polar surface area (TPSA) is 66.0 Å². The molecule has 0 unspecified atom stereocenters. The van der Waals surface area contributed by atoms with Crippen LogP contribution in [0.25, 0.3) is 0 Å². The molecule has 0 atom stereocenters. The number of ether oxygens (including phenoxy) is 1. The van der Waals surface area contributed by atoms with Gasteiger partial charge in [-0.1, -0.05) is 31.0 Å². The number of hydrogen-bond donors (Lipinski definition) is 2. The van der Waals surface area contributed by atoms with Crippen molar-refractivity contribution in [3.05, 3.63) is 29.8 Å². The number of para-hydroxylation sites is 1. The van der Waals surface area contributed by atoms with Gasteiger partial charge in [0.05, 0.1) is 12.0 Å². The van der Waals surface area contributed by atoms with Gasteiger partial charge in [0.1, 0.15) is 5.75 Å². The molecule has 1 aliphatic rings. The second-order valence-electron chi connectivity index (χ2n) is 7.39. The zero-order valence-electron chi connectivity index (χ0n) is 17.1. The second kappa shape index (κ2) is 9.84. The van der Waals surface area contributed by atoms with Crippen LogP contribution in [0.2, 0.25) is 0 Å². The number of aliphatic imine (C=N–C) groups is 1. The Hall–Kier alpha value is -2.45. The van der Waals surface area contributed by atoms with Crippen molar-refractivity contribution in [2.75, 3.05) is 27.2 Å². The summed E-state index contributed by atoms with van der Waals surface area (Å²) in [7, 11) is 3.50. The maximum absolute atomic E-state index is 12.7. The number of guanidine groups is 1. The van der Waals surface area contributed by atoms with Gasteiger partial charge in [-0.15, -0.1) is 13.2 Å². The van der Waals surface area contributed by atoms with E-state index in [-0.39, 0.29) is 18.2 Å². The van der Waals surface area contributed by atoms with E-state index in [9.17, 15) is 18.0 Å². The molecule has 0 bridgehead atoms. The van der Waals surface area contributed by atoms with E-state index in [2.05, 4.69) is 20.4 Å². The summed E-state index contributed by atoms with van der Waals surface area (Å²) < 4.78 is 41.9. The van der Waals surface area contributed by atoms with Crippen molar-refractivity contribution in [2.24, 2.45) is 10.4 Å². The maximum Gasteiger partial charge on any atom is 0.573 e. The van der Waals surface area contributed by atoms with Crippen LogP contribution in [-0.2, 0) is 11.3 Å². The first kappa shape index (κ1) is 22.8. The molecule has 1 saturated carbocycles. The van der Waals surface area contributed by atoms with E-state index in [4.69, 9.17) is 0 Å². The van der Waals surface area contributed by atoms with E-state index in [1.54, 1.807) is 31.1 Å².